The number of benzene rings is 2. The lowest BCUT2D eigenvalue weighted by Crippen LogP contribution is -2.39. The van der Waals surface area contributed by atoms with E-state index in [1.807, 2.05) is 48.6 Å². The lowest BCUT2D eigenvalue weighted by Gasteiger charge is -2.13. The number of carbonyl (C=O) groups excluding carboxylic acids is 1. The number of aromatic nitrogens is 2. The lowest BCUT2D eigenvalue weighted by atomic mass is 10.1. The quantitative estimate of drug-likeness (QED) is 0.540. The molecule has 0 aliphatic heterocycles. The first-order valence-electron chi connectivity index (χ1n) is 9.78. The topological polar surface area (TPSA) is 68.1 Å². The molecule has 1 aliphatic carbocycles. The Morgan fingerprint density at radius 1 is 1.06 bits per heavy atom. The first kappa shape index (κ1) is 21.0. The molecule has 8 heteroatoms. The maximum absolute atomic E-state index is 13.2. The monoisotopic (exact) mass is 454 g/mol. The first-order chi connectivity index (χ1) is 15.0. The molecule has 3 aromatic rings. The van der Waals surface area contributed by atoms with Crippen molar-refractivity contribution in [3.63, 3.8) is 0 Å². The third-order valence-electron chi connectivity index (χ3n) is 4.84. The fourth-order valence-electron chi connectivity index (χ4n) is 3.34. The fraction of sp³-hybridized carbons (Fsp3) is 0.130. The highest BCUT2D eigenvalue weighted by Crippen LogP contribution is 2.24. The summed E-state index contributed by atoms with van der Waals surface area (Å²) in [5, 5.41) is 0.767. The van der Waals surface area contributed by atoms with Gasteiger partial charge >= 0.3 is 0 Å². The van der Waals surface area contributed by atoms with Gasteiger partial charge in [-0.05, 0) is 42.7 Å². The molecule has 1 aromatic heterocycles. The van der Waals surface area contributed by atoms with Crippen molar-refractivity contribution in [1.29, 1.82) is 0 Å². The highest BCUT2D eigenvalue weighted by atomic mass is 35.5. The Balaban J connectivity index is 1.71. The van der Waals surface area contributed by atoms with Crippen molar-refractivity contribution in [3.8, 4) is 5.69 Å². The van der Waals surface area contributed by atoms with Crippen LogP contribution in [0, 0.1) is 0 Å². The molecular formula is C23H20Cl2N4O2. The normalized spacial score (nSPS) is 13.0. The summed E-state index contributed by atoms with van der Waals surface area (Å²) in [5.41, 5.74) is 7.17. The van der Waals surface area contributed by atoms with Gasteiger partial charge in [0.2, 0.25) is 0 Å². The van der Waals surface area contributed by atoms with E-state index in [2.05, 4.69) is 10.9 Å². The lowest BCUT2D eigenvalue weighted by molar-refractivity contribution is 0.0938. The molecule has 1 amide bonds. The molecule has 0 atom stereocenters. The minimum absolute atomic E-state index is 0.00478. The molecule has 4 rings (SSSR count). The summed E-state index contributed by atoms with van der Waals surface area (Å²) < 4.78 is 3.06. The fourth-order valence-corrected chi connectivity index (χ4v) is 3.83. The minimum atomic E-state index is -0.532. The molecule has 0 saturated heterocycles. The summed E-state index contributed by atoms with van der Waals surface area (Å²) >= 11 is 12.4. The zero-order valence-electron chi connectivity index (χ0n) is 16.5. The molecule has 0 saturated carbocycles. The van der Waals surface area contributed by atoms with Gasteiger partial charge in [-0.25, -0.2) is 4.68 Å². The number of halogens is 2. The van der Waals surface area contributed by atoms with Gasteiger partial charge in [-0.15, -0.1) is 0 Å². The van der Waals surface area contributed by atoms with Gasteiger partial charge in [-0.3, -0.25) is 25.1 Å². The molecule has 0 radical (unpaired) electrons. The third-order valence-corrected chi connectivity index (χ3v) is 5.38. The van der Waals surface area contributed by atoms with Gasteiger partial charge < -0.3 is 0 Å². The van der Waals surface area contributed by atoms with E-state index in [-0.39, 0.29) is 5.56 Å². The van der Waals surface area contributed by atoms with Crippen LogP contribution in [0.2, 0.25) is 10.0 Å². The molecule has 2 N–H and O–H groups in total. The summed E-state index contributed by atoms with van der Waals surface area (Å²) in [6, 6.07) is 14.5. The smallest absolute Gasteiger partial charge is 0.284 e. The maximum atomic E-state index is 13.2. The van der Waals surface area contributed by atoms with Gasteiger partial charge in [0.1, 0.15) is 5.56 Å². The second-order valence-corrected chi connectivity index (χ2v) is 7.90. The van der Waals surface area contributed by atoms with Crippen LogP contribution in [0.25, 0.3) is 5.69 Å². The summed E-state index contributed by atoms with van der Waals surface area (Å²) in [7, 11) is 0. The van der Waals surface area contributed by atoms with E-state index in [9.17, 15) is 9.59 Å². The Bertz CT molecular complexity index is 1230. The Kier molecular flexibility index (Phi) is 6.30. The molecule has 158 valence electrons. The van der Waals surface area contributed by atoms with E-state index >= 15 is 0 Å². The second kappa shape index (κ2) is 9.29. The largest absolute Gasteiger partial charge is 0.299 e. The van der Waals surface area contributed by atoms with E-state index in [0.29, 0.717) is 22.3 Å². The molecule has 31 heavy (non-hydrogen) atoms. The van der Waals surface area contributed by atoms with Crippen molar-refractivity contribution < 1.29 is 4.79 Å². The SMILES string of the molecule is O=C(NNC1=CCCC=C1)c1cn(Cc2ccccc2)n(-c2ccc(Cl)cc2Cl)c1=O. The molecule has 0 unspecified atom stereocenters. The molecule has 1 aliphatic rings. The van der Waals surface area contributed by atoms with E-state index in [0.717, 1.165) is 24.1 Å². The van der Waals surface area contributed by atoms with Crippen LogP contribution >= 0.6 is 23.2 Å². The molecule has 6 nitrogen and oxygen atoms in total. The highest BCUT2D eigenvalue weighted by molar-refractivity contribution is 6.35. The molecule has 0 bridgehead atoms. The van der Waals surface area contributed by atoms with E-state index in [1.54, 1.807) is 22.9 Å². The number of nitrogens with one attached hydrogen (secondary N) is 2. The summed E-state index contributed by atoms with van der Waals surface area (Å²) in [6.07, 6.45) is 9.27. The van der Waals surface area contributed by atoms with Gasteiger partial charge in [0.05, 0.1) is 17.3 Å². The zero-order chi connectivity index (χ0) is 21.8. The van der Waals surface area contributed by atoms with Crippen molar-refractivity contribution in [3.05, 3.63) is 110 Å². The summed E-state index contributed by atoms with van der Waals surface area (Å²) in [4.78, 5) is 26.0. The van der Waals surface area contributed by atoms with Crippen LogP contribution in [0.4, 0.5) is 0 Å². The number of hydrogen-bond donors (Lipinski definition) is 2. The number of hydrogen-bond acceptors (Lipinski definition) is 3. The Hall–Kier alpha value is -3.22. The average Bonchev–Trinajstić information content (AvgIpc) is 3.09. The van der Waals surface area contributed by atoms with Crippen molar-refractivity contribution in [2.45, 2.75) is 19.4 Å². The van der Waals surface area contributed by atoms with Gasteiger partial charge in [0.25, 0.3) is 11.5 Å². The zero-order valence-corrected chi connectivity index (χ0v) is 18.0. The van der Waals surface area contributed by atoms with Crippen molar-refractivity contribution in [2.75, 3.05) is 0 Å². The predicted molar refractivity (Wildman–Crippen MR) is 123 cm³/mol. The number of rotatable bonds is 6. The highest BCUT2D eigenvalue weighted by Gasteiger charge is 2.20. The Labute approximate surface area is 189 Å². The van der Waals surface area contributed by atoms with E-state index < -0.39 is 11.5 Å². The van der Waals surface area contributed by atoms with Crippen LogP contribution in [0.3, 0.4) is 0 Å². The number of nitrogens with zero attached hydrogens (tertiary/aromatic N) is 2. The molecule has 0 fully saturated rings. The van der Waals surface area contributed by atoms with E-state index in [4.69, 9.17) is 23.2 Å². The molecular weight excluding hydrogens is 435 g/mol. The molecule has 1 heterocycles. The third kappa shape index (κ3) is 4.76. The van der Waals surface area contributed by atoms with E-state index in [1.165, 1.54) is 10.9 Å². The van der Waals surface area contributed by atoms with Gasteiger partial charge in [-0.2, -0.15) is 0 Å². The van der Waals surface area contributed by atoms with Crippen LogP contribution in [0.5, 0.6) is 0 Å². The maximum Gasteiger partial charge on any atom is 0.284 e. The number of carbonyl (C=O) groups is 1. The Morgan fingerprint density at radius 3 is 2.58 bits per heavy atom. The average molecular weight is 455 g/mol. The predicted octanol–water partition coefficient (Wildman–Crippen LogP) is 4.46. The first-order valence-corrected chi connectivity index (χ1v) is 10.5. The van der Waals surface area contributed by atoms with Crippen LogP contribution in [0.1, 0.15) is 28.8 Å². The van der Waals surface area contributed by atoms with Crippen LogP contribution < -0.4 is 16.4 Å². The standard InChI is InChI=1S/C23H20Cl2N4O2/c24-17-11-12-21(20(25)13-17)29-23(31)19(15-28(29)14-16-7-3-1-4-8-16)22(30)27-26-18-9-5-2-6-10-18/h1,3-5,7-13,15,26H,2,6,14H2,(H,27,30). The summed E-state index contributed by atoms with van der Waals surface area (Å²) in [5.74, 6) is -0.532. The molecule has 2 aromatic carbocycles. The van der Waals surface area contributed by atoms with Crippen LogP contribution in [-0.4, -0.2) is 15.3 Å². The minimum Gasteiger partial charge on any atom is -0.299 e. The van der Waals surface area contributed by atoms with Crippen LogP contribution in [0.15, 0.2) is 83.4 Å². The van der Waals surface area contributed by atoms with Crippen molar-refractivity contribution in [1.82, 2.24) is 20.2 Å². The number of amides is 1. The van der Waals surface area contributed by atoms with Crippen molar-refractivity contribution >= 4 is 29.1 Å². The van der Waals surface area contributed by atoms with Gasteiger partial charge in [0, 0.05) is 16.9 Å². The van der Waals surface area contributed by atoms with Gasteiger partial charge in [-0.1, -0.05) is 65.7 Å². The Morgan fingerprint density at radius 2 is 1.87 bits per heavy atom. The second-order valence-electron chi connectivity index (χ2n) is 7.06. The summed E-state index contributed by atoms with van der Waals surface area (Å²) in [6.45, 7) is 0.379. The van der Waals surface area contributed by atoms with Crippen molar-refractivity contribution in [2.24, 2.45) is 0 Å². The number of allylic oxidation sites excluding steroid dienone is 3. The number of hydrazine groups is 1. The van der Waals surface area contributed by atoms with Crippen LogP contribution in [-0.2, 0) is 6.54 Å². The molecule has 0 spiro atoms. The van der Waals surface area contributed by atoms with Gasteiger partial charge in [0.15, 0.2) is 0 Å².